The first kappa shape index (κ1) is 11.5. The van der Waals surface area contributed by atoms with Crippen molar-refractivity contribution in [1.29, 1.82) is 0 Å². The molecule has 0 aliphatic heterocycles. The average Bonchev–Trinajstić information content (AvgIpc) is 2.74. The molecule has 1 heterocycles. The molecule has 1 unspecified atom stereocenters. The van der Waals surface area contributed by atoms with Crippen LogP contribution in [0.15, 0.2) is 6.20 Å². The van der Waals surface area contributed by atoms with Gasteiger partial charge < -0.3 is 0 Å². The van der Waals surface area contributed by atoms with Crippen molar-refractivity contribution in [2.24, 2.45) is 18.8 Å². The Morgan fingerprint density at radius 3 is 2.81 bits per heavy atom. The third-order valence-electron chi connectivity index (χ3n) is 3.60. The van der Waals surface area contributed by atoms with E-state index in [1.165, 1.54) is 32.1 Å². The number of hydrogen-bond acceptors (Lipinski definition) is 4. The summed E-state index contributed by atoms with van der Waals surface area (Å²) in [5.41, 5.74) is 3.97. The van der Waals surface area contributed by atoms with Crippen molar-refractivity contribution in [2.75, 3.05) is 0 Å². The number of rotatable bonds is 4. The van der Waals surface area contributed by atoms with Gasteiger partial charge in [0.15, 0.2) is 0 Å². The minimum atomic E-state index is 0.183. The zero-order valence-electron chi connectivity index (χ0n) is 9.89. The van der Waals surface area contributed by atoms with Crippen LogP contribution in [0.3, 0.4) is 0 Å². The van der Waals surface area contributed by atoms with E-state index < -0.39 is 0 Å². The number of nitrogens with two attached hydrogens (primary N) is 1. The van der Waals surface area contributed by atoms with Crippen LogP contribution in [-0.2, 0) is 7.05 Å². The first-order valence-electron chi connectivity index (χ1n) is 6.12. The predicted molar refractivity (Wildman–Crippen MR) is 62.3 cm³/mol. The van der Waals surface area contributed by atoms with Crippen molar-refractivity contribution in [3.8, 4) is 0 Å². The van der Waals surface area contributed by atoms with Crippen molar-refractivity contribution in [3.63, 3.8) is 0 Å². The van der Waals surface area contributed by atoms with Gasteiger partial charge in [0.1, 0.15) is 0 Å². The van der Waals surface area contributed by atoms with E-state index in [-0.39, 0.29) is 6.04 Å². The average molecular weight is 223 g/mol. The van der Waals surface area contributed by atoms with Crippen molar-refractivity contribution in [1.82, 2.24) is 20.4 Å². The topological polar surface area (TPSA) is 68.8 Å². The van der Waals surface area contributed by atoms with E-state index in [1.807, 2.05) is 7.05 Å². The Balaban J connectivity index is 1.97. The van der Waals surface area contributed by atoms with Gasteiger partial charge in [-0.2, -0.15) is 0 Å². The first-order valence-corrected chi connectivity index (χ1v) is 6.12. The Bertz CT molecular complexity index is 316. The van der Waals surface area contributed by atoms with E-state index in [1.54, 1.807) is 10.9 Å². The van der Waals surface area contributed by atoms with Gasteiger partial charge in [0.25, 0.3) is 0 Å². The van der Waals surface area contributed by atoms with E-state index in [4.69, 9.17) is 5.84 Å². The summed E-state index contributed by atoms with van der Waals surface area (Å²) in [5.74, 6) is 6.43. The minimum Gasteiger partial charge on any atom is -0.271 e. The van der Waals surface area contributed by atoms with E-state index in [2.05, 4.69) is 15.7 Å². The van der Waals surface area contributed by atoms with Gasteiger partial charge in [-0.25, -0.2) is 0 Å². The molecule has 0 spiro atoms. The lowest BCUT2D eigenvalue weighted by atomic mass is 9.84. The number of hydrogen-bond donors (Lipinski definition) is 2. The fourth-order valence-electron chi connectivity index (χ4n) is 2.64. The molecule has 0 bridgehead atoms. The maximum Gasteiger partial charge on any atom is 0.0766 e. The zero-order chi connectivity index (χ0) is 11.4. The van der Waals surface area contributed by atoms with Crippen LogP contribution in [0.1, 0.15) is 50.3 Å². The summed E-state index contributed by atoms with van der Waals surface area (Å²) in [6, 6.07) is 0.183. The Labute approximate surface area is 96.4 Å². The van der Waals surface area contributed by atoms with Gasteiger partial charge in [0, 0.05) is 7.05 Å². The Kier molecular flexibility index (Phi) is 3.90. The largest absolute Gasteiger partial charge is 0.271 e. The van der Waals surface area contributed by atoms with Crippen LogP contribution >= 0.6 is 0 Å². The first-order chi connectivity index (χ1) is 7.81. The standard InChI is InChI=1S/C11H21N5/c1-16-11(8-13-15-16)10(14-12)7-9-5-3-2-4-6-9/h8-10,14H,2-7,12H2,1H3. The van der Waals surface area contributed by atoms with Crippen LogP contribution < -0.4 is 11.3 Å². The van der Waals surface area contributed by atoms with Gasteiger partial charge >= 0.3 is 0 Å². The molecular formula is C11H21N5. The molecule has 1 aromatic heterocycles. The summed E-state index contributed by atoms with van der Waals surface area (Å²) in [6.45, 7) is 0. The lowest BCUT2D eigenvalue weighted by Crippen LogP contribution is -2.31. The molecular weight excluding hydrogens is 202 g/mol. The Morgan fingerprint density at radius 1 is 1.50 bits per heavy atom. The summed E-state index contributed by atoms with van der Waals surface area (Å²) in [6.07, 6.45) is 9.69. The number of nitrogens with one attached hydrogen (secondary N) is 1. The van der Waals surface area contributed by atoms with Crippen molar-refractivity contribution in [3.05, 3.63) is 11.9 Å². The van der Waals surface area contributed by atoms with E-state index >= 15 is 0 Å². The molecule has 1 saturated carbocycles. The van der Waals surface area contributed by atoms with E-state index in [0.29, 0.717) is 0 Å². The van der Waals surface area contributed by atoms with Gasteiger partial charge in [0.05, 0.1) is 17.9 Å². The summed E-state index contributed by atoms with van der Waals surface area (Å²) < 4.78 is 1.80. The third kappa shape index (κ3) is 2.59. The lowest BCUT2D eigenvalue weighted by molar-refractivity contribution is 0.295. The fraction of sp³-hybridized carbons (Fsp3) is 0.818. The molecule has 2 rings (SSSR count). The van der Waals surface area contributed by atoms with Crippen LogP contribution in [0.4, 0.5) is 0 Å². The highest BCUT2D eigenvalue weighted by atomic mass is 15.4. The fourth-order valence-corrected chi connectivity index (χ4v) is 2.64. The number of aryl methyl sites for hydroxylation is 1. The SMILES string of the molecule is Cn1nncc1C(CC1CCCCC1)NN. The van der Waals surface area contributed by atoms with Gasteiger partial charge in [0.2, 0.25) is 0 Å². The van der Waals surface area contributed by atoms with Gasteiger partial charge in [-0.15, -0.1) is 5.10 Å². The summed E-state index contributed by atoms with van der Waals surface area (Å²) in [7, 11) is 1.91. The molecule has 0 aromatic carbocycles. The second-order valence-corrected chi connectivity index (χ2v) is 4.74. The quantitative estimate of drug-likeness (QED) is 0.596. The molecule has 5 nitrogen and oxygen atoms in total. The monoisotopic (exact) mass is 223 g/mol. The van der Waals surface area contributed by atoms with Crippen LogP contribution in [0, 0.1) is 5.92 Å². The molecule has 16 heavy (non-hydrogen) atoms. The van der Waals surface area contributed by atoms with Gasteiger partial charge in [-0.05, 0) is 12.3 Å². The maximum absolute atomic E-state index is 5.63. The summed E-state index contributed by atoms with van der Waals surface area (Å²) >= 11 is 0. The molecule has 0 amide bonds. The van der Waals surface area contributed by atoms with Crippen molar-refractivity contribution >= 4 is 0 Å². The normalized spacial score (nSPS) is 19.9. The summed E-state index contributed by atoms with van der Waals surface area (Å²) in [4.78, 5) is 0. The lowest BCUT2D eigenvalue weighted by Gasteiger charge is -2.25. The van der Waals surface area contributed by atoms with Crippen LogP contribution in [0.5, 0.6) is 0 Å². The predicted octanol–water partition coefficient (Wildman–Crippen LogP) is 1.29. The molecule has 1 aromatic rings. The molecule has 1 aliphatic carbocycles. The highest BCUT2D eigenvalue weighted by Crippen LogP contribution is 2.31. The zero-order valence-corrected chi connectivity index (χ0v) is 9.89. The number of hydrazine groups is 1. The van der Waals surface area contributed by atoms with Crippen LogP contribution in [0.2, 0.25) is 0 Å². The molecule has 0 radical (unpaired) electrons. The highest BCUT2D eigenvalue weighted by molar-refractivity contribution is 5.01. The minimum absolute atomic E-state index is 0.183. The molecule has 0 saturated heterocycles. The third-order valence-corrected chi connectivity index (χ3v) is 3.60. The van der Waals surface area contributed by atoms with E-state index in [9.17, 15) is 0 Å². The smallest absolute Gasteiger partial charge is 0.0766 e. The number of nitrogens with zero attached hydrogens (tertiary/aromatic N) is 3. The van der Waals surface area contributed by atoms with Gasteiger partial charge in [-0.1, -0.05) is 37.3 Å². The molecule has 1 aliphatic rings. The van der Waals surface area contributed by atoms with Crippen LogP contribution in [-0.4, -0.2) is 15.0 Å². The number of aromatic nitrogens is 3. The van der Waals surface area contributed by atoms with Crippen molar-refractivity contribution in [2.45, 2.75) is 44.6 Å². The molecule has 1 fully saturated rings. The van der Waals surface area contributed by atoms with Crippen molar-refractivity contribution < 1.29 is 0 Å². The van der Waals surface area contributed by atoms with Crippen LogP contribution in [0.25, 0.3) is 0 Å². The van der Waals surface area contributed by atoms with Gasteiger partial charge in [-0.3, -0.25) is 16.0 Å². The summed E-state index contributed by atoms with van der Waals surface area (Å²) in [5, 5.41) is 7.85. The molecule has 5 heteroatoms. The second-order valence-electron chi connectivity index (χ2n) is 4.74. The molecule has 1 atom stereocenters. The second kappa shape index (κ2) is 5.41. The molecule has 3 N–H and O–H groups in total. The Morgan fingerprint density at radius 2 is 2.25 bits per heavy atom. The Hall–Kier alpha value is -0.940. The maximum atomic E-state index is 5.63. The highest BCUT2D eigenvalue weighted by Gasteiger charge is 2.21. The molecule has 90 valence electrons. The van der Waals surface area contributed by atoms with E-state index in [0.717, 1.165) is 18.0 Å².